The van der Waals surface area contributed by atoms with Gasteiger partial charge in [-0.25, -0.2) is 0 Å². The summed E-state index contributed by atoms with van der Waals surface area (Å²) in [4.78, 5) is 12.1. The third kappa shape index (κ3) is 4.35. The van der Waals surface area contributed by atoms with Crippen molar-refractivity contribution in [1.29, 1.82) is 0 Å². The Hall–Kier alpha value is -1.76. The second-order valence-electron chi connectivity index (χ2n) is 4.41. The first-order chi connectivity index (χ1) is 10.1. The lowest BCUT2D eigenvalue weighted by Crippen LogP contribution is -2.30. The topological polar surface area (TPSA) is 47.6 Å². The Bertz CT molecular complexity index is 613. The van der Waals surface area contributed by atoms with Crippen molar-refractivity contribution in [3.05, 3.63) is 52.1 Å². The predicted octanol–water partition coefficient (Wildman–Crippen LogP) is 3.71. The van der Waals surface area contributed by atoms with Crippen LogP contribution in [0.25, 0.3) is 0 Å². The van der Waals surface area contributed by atoms with Gasteiger partial charge in [0.1, 0.15) is 0 Å². The molecule has 1 atom stereocenters. The van der Waals surface area contributed by atoms with E-state index in [0.29, 0.717) is 11.5 Å². The second-order valence-corrected chi connectivity index (χ2v) is 5.65. The third-order valence-electron chi connectivity index (χ3n) is 2.85. The van der Waals surface area contributed by atoms with Gasteiger partial charge in [0, 0.05) is 9.26 Å². The molecule has 0 unspecified atom stereocenters. The molecule has 0 saturated carbocycles. The molecule has 5 heteroatoms. The van der Waals surface area contributed by atoms with Crippen LogP contribution in [0.2, 0.25) is 0 Å². The zero-order valence-electron chi connectivity index (χ0n) is 11.8. The molecule has 0 spiro atoms. The number of carbonyl (C=O) groups is 1. The number of halogens is 1. The molecular formula is C16H16INO3. The molecule has 2 aromatic carbocycles. The monoisotopic (exact) mass is 397 g/mol. The van der Waals surface area contributed by atoms with Gasteiger partial charge in [0.05, 0.1) is 7.11 Å². The first-order valence-corrected chi connectivity index (χ1v) is 7.54. The molecule has 0 fully saturated rings. The second kappa shape index (κ2) is 7.31. The molecule has 0 aliphatic heterocycles. The lowest BCUT2D eigenvalue weighted by molar-refractivity contribution is -0.122. The summed E-state index contributed by atoms with van der Waals surface area (Å²) in [6, 6.07) is 14.8. The molecular weight excluding hydrogens is 381 g/mol. The van der Waals surface area contributed by atoms with Gasteiger partial charge in [-0.3, -0.25) is 4.79 Å². The summed E-state index contributed by atoms with van der Waals surface area (Å²) in [5.41, 5.74) is 0.746. The molecule has 0 radical (unpaired) electrons. The minimum atomic E-state index is -0.624. The van der Waals surface area contributed by atoms with Gasteiger partial charge in [0.2, 0.25) is 0 Å². The molecule has 0 bridgehead atoms. The molecule has 0 aromatic heterocycles. The molecule has 1 N–H and O–H groups in total. The number of rotatable bonds is 5. The summed E-state index contributed by atoms with van der Waals surface area (Å²) in [5.74, 6) is 0.943. The maximum atomic E-state index is 12.1. The van der Waals surface area contributed by atoms with Crippen LogP contribution in [0.15, 0.2) is 48.5 Å². The van der Waals surface area contributed by atoms with E-state index in [9.17, 15) is 4.79 Å². The van der Waals surface area contributed by atoms with Crippen LogP contribution in [0.4, 0.5) is 5.69 Å². The molecule has 1 amide bonds. The number of nitrogens with one attached hydrogen (secondary N) is 1. The first-order valence-electron chi connectivity index (χ1n) is 6.46. The van der Waals surface area contributed by atoms with Crippen LogP contribution in [0.5, 0.6) is 11.5 Å². The Morgan fingerprint density at radius 1 is 1.10 bits per heavy atom. The summed E-state index contributed by atoms with van der Waals surface area (Å²) in [6.07, 6.45) is -0.624. The Balaban J connectivity index is 2.01. The van der Waals surface area contributed by atoms with E-state index in [1.165, 1.54) is 0 Å². The van der Waals surface area contributed by atoms with E-state index in [1.807, 2.05) is 36.4 Å². The highest BCUT2D eigenvalue weighted by molar-refractivity contribution is 14.1. The largest absolute Gasteiger partial charge is 0.493 e. The van der Waals surface area contributed by atoms with Gasteiger partial charge in [-0.2, -0.15) is 0 Å². The standard InChI is InChI=1S/C16H16INO3/c1-11(21-15-6-4-3-5-14(15)20-2)16(19)18-13-9-7-12(17)8-10-13/h3-11H,1-2H3,(H,18,19)/t11-/m0/s1. The van der Waals surface area contributed by atoms with Crippen LogP contribution in [0.1, 0.15) is 6.92 Å². The Morgan fingerprint density at radius 2 is 1.71 bits per heavy atom. The molecule has 110 valence electrons. The fraction of sp³-hybridized carbons (Fsp3) is 0.188. The zero-order chi connectivity index (χ0) is 15.2. The minimum absolute atomic E-state index is 0.206. The van der Waals surface area contributed by atoms with Gasteiger partial charge in [-0.05, 0) is 65.9 Å². The Kier molecular flexibility index (Phi) is 5.44. The summed E-state index contributed by atoms with van der Waals surface area (Å²) >= 11 is 2.22. The number of anilines is 1. The van der Waals surface area contributed by atoms with Crippen molar-refractivity contribution in [2.45, 2.75) is 13.0 Å². The van der Waals surface area contributed by atoms with Gasteiger partial charge in [0.25, 0.3) is 5.91 Å². The lowest BCUT2D eigenvalue weighted by atomic mass is 10.3. The average molecular weight is 397 g/mol. The molecule has 21 heavy (non-hydrogen) atoms. The van der Waals surface area contributed by atoms with Gasteiger partial charge in [-0.15, -0.1) is 0 Å². The molecule has 2 rings (SSSR count). The number of para-hydroxylation sites is 2. The maximum Gasteiger partial charge on any atom is 0.265 e. The van der Waals surface area contributed by atoms with E-state index in [-0.39, 0.29) is 5.91 Å². The van der Waals surface area contributed by atoms with Crippen LogP contribution in [0, 0.1) is 3.57 Å². The normalized spacial score (nSPS) is 11.6. The summed E-state index contributed by atoms with van der Waals surface area (Å²) < 4.78 is 12.0. The van der Waals surface area contributed by atoms with Crippen molar-refractivity contribution in [3.8, 4) is 11.5 Å². The summed E-state index contributed by atoms with van der Waals surface area (Å²) in [6.45, 7) is 1.70. The number of hydrogen-bond donors (Lipinski definition) is 1. The minimum Gasteiger partial charge on any atom is -0.493 e. The van der Waals surface area contributed by atoms with E-state index < -0.39 is 6.10 Å². The first kappa shape index (κ1) is 15.6. The maximum absolute atomic E-state index is 12.1. The number of carbonyl (C=O) groups excluding carboxylic acids is 1. The van der Waals surface area contributed by atoms with E-state index in [2.05, 4.69) is 27.9 Å². The van der Waals surface area contributed by atoms with Crippen molar-refractivity contribution >= 4 is 34.2 Å². The Morgan fingerprint density at radius 3 is 2.33 bits per heavy atom. The van der Waals surface area contributed by atoms with Crippen molar-refractivity contribution < 1.29 is 14.3 Å². The molecule has 0 heterocycles. The predicted molar refractivity (Wildman–Crippen MR) is 90.9 cm³/mol. The van der Waals surface area contributed by atoms with Crippen LogP contribution >= 0.6 is 22.6 Å². The van der Waals surface area contributed by atoms with E-state index in [0.717, 1.165) is 9.26 Å². The number of amides is 1. The van der Waals surface area contributed by atoms with Gasteiger partial charge < -0.3 is 14.8 Å². The van der Waals surface area contributed by atoms with Crippen molar-refractivity contribution in [3.63, 3.8) is 0 Å². The van der Waals surface area contributed by atoms with Crippen molar-refractivity contribution in [2.75, 3.05) is 12.4 Å². The van der Waals surface area contributed by atoms with Crippen LogP contribution in [0.3, 0.4) is 0 Å². The number of ether oxygens (including phenoxy) is 2. The molecule has 0 saturated heterocycles. The lowest BCUT2D eigenvalue weighted by Gasteiger charge is -2.16. The van der Waals surface area contributed by atoms with Crippen LogP contribution in [-0.2, 0) is 4.79 Å². The number of methoxy groups -OCH3 is 1. The highest BCUT2D eigenvalue weighted by atomic mass is 127. The summed E-state index contributed by atoms with van der Waals surface area (Å²) in [7, 11) is 1.57. The highest BCUT2D eigenvalue weighted by Crippen LogP contribution is 2.27. The number of hydrogen-bond acceptors (Lipinski definition) is 3. The number of benzene rings is 2. The highest BCUT2D eigenvalue weighted by Gasteiger charge is 2.16. The van der Waals surface area contributed by atoms with Crippen molar-refractivity contribution in [2.24, 2.45) is 0 Å². The average Bonchev–Trinajstić information content (AvgIpc) is 2.50. The van der Waals surface area contributed by atoms with Gasteiger partial charge >= 0.3 is 0 Å². The smallest absolute Gasteiger partial charge is 0.265 e. The SMILES string of the molecule is COc1ccccc1O[C@@H](C)C(=O)Nc1ccc(I)cc1. The molecule has 4 nitrogen and oxygen atoms in total. The molecule has 2 aromatic rings. The fourth-order valence-electron chi connectivity index (χ4n) is 1.74. The van der Waals surface area contributed by atoms with E-state index in [1.54, 1.807) is 26.2 Å². The van der Waals surface area contributed by atoms with Gasteiger partial charge in [-0.1, -0.05) is 12.1 Å². The fourth-order valence-corrected chi connectivity index (χ4v) is 2.10. The van der Waals surface area contributed by atoms with Crippen molar-refractivity contribution in [1.82, 2.24) is 0 Å². The summed E-state index contributed by atoms with van der Waals surface area (Å²) in [5, 5.41) is 2.82. The Labute approximate surface area is 137 Å². The van der Waals surface area contributed by atoms with Crippen LogP contribution < -0.4 is 14.8 Å². The van der Waals surface area contributed by atoms with Gasteiger partial charge in [0.15, 0.2) is 17.6 Å². The van der Waals surface area contributed by atoms with E-state index >= 15 is 0 Å². The molecule has 0 aliphatic carbocycles. The zero-order valence-corrected chi connectivity index (χ0v) is 14.0. The molecule has 0 aliphatic rings. The van der Waals surface area contributed by atoms with Crippen LogP contribution in [-0.4, -0.2) is 19.1 Å². The van der Waals surface area contributed by atoms with E-state index in [4.69, 9.17) is 9.47 Å². The third-order valence-corrected chi connectivity index (χ3v) is 3.57. The quantitative estimate of drug-likeness (QED) is 0.783.